The van der Waals surface area contributed by atoms with E-state index in [9.17, 15) is 9.59 Å². The second kappa shape index (κ2) is 8.04. The molecule has 7 nitrogen and oxygen atoms in total. The van der Waals surface area contributed by atoms with E-state index in [1.165, 1.54) is 12.0 Å². The van der Waals surface area contributed by atoms with Crippen molar-refractivity contribution in [2.75, 3.05) is 26.6 Å². The van der Waals surface area contributed by atoms with Crippen LogP contribution in [-0.4, -0.2) is 38.1 Å². The largest absolute Gasteiger partial charge is 0.493 e. The van der Waals surface area contributed by atoms with Gasteiger partial charge in [-0.15, -0.1) is 0 Å². The number of hydrogen-bond acceptors (Lipinski definition) is 4. The summed E-state index contributed by atoms with van der Waals surface area (Å²) in [5.41, 5.74) is 2.30. The Labute approximate surface area is 163 Å². The lowest BCUT2D eigenvalue weighted by Gasteiger charge is -2.34. The van der Waals surface area contributed by atoms with Gasteiger partial charge in [0.15, 0.2) is 11.5 Å². The number of nitrogens with zero attached hydrogens (tertiary/aromatic N) is 1. The van der Waals surface area contributed by atoms with Crippen LogP contribution in [0.4, 0.5) is 10.5 Å². The molecule has 0 unspecified atom stereocenters. The van der Waals surface area contributed by atoms with Crippen molar-refractivity contribution in [1.82, 2.24) is 10.2 Å². The predicted octanol–water partition coefficient (Wildman–Crippen LogP) is 3.31. The number of hydrogen-bond donors (Lipinski definition) is 2. The number of rotatable bonds is 5. The molecule has 7 heteroatoms. The molecule has 0 bridgehead atoms. The number of nitrogens with one attached hydrogen (secondary N) is 2. The van der Waals surface area contributed by atoms with Gasteiger partial charge in [-0.3, -0.25) is 4.79 Å². The maximum atomic E-state index is 13.1. The van der Waals surface area contributed by atoms with E-state index < -0.39 is 6.04 Å². The number of carbonyl (C=O) groups is 2. The van der Waals surface area contributed by atoms with Crippen LogP contribution in [0, 0.1) is 0 Å². The Morgan fingerprint density at radius 2 is 1.79 bits per heavy atom. The quantitative estimate of drug-likeness (QED) is 0.833. The van der Waals surface area contributed by atoms with Crippen LogP contribution in [0.15, 0.2) is 59.8 Å². The van der Waals surface area contributed by atoms with Gasteiger partial charge in [-0.25, -0.2) is 4.79 Å². The first-order valence-corrected chi connectivity index (χ1v) is 8.80. The van der Waals surface area contributed by atoms with E-state index in [-0.39, 0.29) is 11.9 Å². The summed E-state index contributed by atoms with van der Waals surface area (Å²) in [6, 6.07) is 13.5. The highest BCUT2D eigenvalue weighted by Crippen LogP contribution is 2.40. The molecule has 1 aliphatic rings. The fourth-order valence-corrected chi connectivity index (χ4v) is 3.22. The van der Waals surface area contributed by atoms with Gasteiger partial charge in [0.25, 0.3) is 5.91 Å². The van der Waals surface area contributed by atoms with Gasteiger partial charge < -0.3 is 25.0 Å². The van der Waals surface area contributed by atoms with Crippen LogP contribution in [-0.2, 0) is 4.79 Å². The minimum absolute atomic E-state index is 0.301. The zero-order valence-corrected chi connectivity index (χ0v) is 16.3. The van der Waals surface area contributed by atoms with Crippen molar-refractivity contribution in [3.05, 3.63) is 65.4 Å². The molecular formula is C21H23N3O4. The zero-order chi connectivity index (χ0) is 20.3. The van der Waals surface area contributed by atoms with Crippen molar-refractivity contribution in [2.24, 2.45) is 0 Å². The highest BCUT2D eigenvalue weighted by molar-refractivity contribution is 6.06. The molecule has 0 aromatic heterocycles. The number of benzene rings is 2. The molecule has 0 radical (unpaired) electrons. The third-order valence-electron chi connectivity index (χ3n) is 4.77. The first-order valence-electron chi connectivity index (χ1n) is 8.80. The van der Waals surface area contributed by atoms with Crippen LogP contribution in [0.5, 0.6) is 11.5 Å². The molecule has 3 amide bonds. The number of allylic oxidation sites excluding steroid dienone is 1. The van der Waals surface area contributed by atoms with Gasteiger partial charge >= 0.3 is 6.03 Å². The number of anilines is 1. The lowest BCUT2D eigenvalue weighted by molar-refractivity contribution is -0.113. The Balaban J connectivity index is 2.08. The topological polar surface area (TPSA) is 79.9 Å². The molecule has 2 aromatic rings. The molecule has 0 saturated heterocycles. The average Bonchev–Trinajstić information content (AvgIpc) is 2.71. The van der Waals surface area contributed by atoms with E-state index in [0.29, 0.717) is 34.0 Å². The summed E-state index contributed by atoms with van der Waals surface area (Å²) in [7, 11) is 4.69. The first-order chi connectivity index (χ1) is 13.5. The second-order valence-electron chi connectivity index (χ2n) is 6.34. The van der Waals surface area contributed by atoms with E-state index in [2.05, 4.69) is 10.6 Å². The molecule has 0 aliphatic carbocycles. The SMILES string of the molecule is COc1cccc([C@@H]2NC(=O)N(C)C(C)=C2C(=O)Nc2ccccc2)c1OC. The molecule has 146 valence electrons. The fraction of sp³-hybridized carbons (Fsp3) is 0.238. The van der Waals surface area contributed by atoms with Crippen LogP contribution in [0.25, 0.3) is 0 Å². The lowest BCUT2D eigenvalue weighted by Crippen LogP contribution is -2.46. The molecular weight excluding hydrogens is 358 g/mol. The van der Waals surface area contributed by atoms with Crippen LogP contribution >= 0.6 is 0 Å². The average molecular weight is 381 g/mol. The third-order valence-corrected chi connectivity index (χ3v) is 4.77. The summed E-state index contributed by atoms with van der Waals surface area (Å²) in [4.78, 5) is 27.0. The summed E-state index contributed by atoms with van der Waals surface area (Å²) < 4.78 is 10.9. The molecule has 2 aromatic carbocycles. The standard InChI is InChI=1S/C21H23N3O4/c1-13-17(20(25)22-14-9-6-5-7-10-14)18(23-21(26)24(13)2)15-11-8-12-16(27-3)19(15)28-4/h5-12,18H,1-4H3,(H,22,25)(H,23,26)/t18-/m0/s1. The fourth-order valence-electron chi connectivity index (χ4n) is 3.22. The van der Waals surface area contributed by atoms with Crippen LogP contribution in [0.2, 0.25) is 0 Å². The van der Waals surface area contributed by atoms with E-state index in [1.807, 2.05) is 18.2 Å². The Morgan fingerprint density at radius 1 is 1.07 bits per heavy atom. The van der Waals surface area contributed by atoms with Gasteiger partial charge in [0, 0.05) is 24.0 Å². The smallest absolute Gasteiger partial charge is 0.322 e. The summed E-state index contributed by atoms with van der Waals surface area (Å²) in [6.45, 7) is 1.75. The number of ether oxygens (including phenoxy) is 2. The van der Waals surface area contributed by atoms with Gasteiger partial charge in [-0.2, -0.15) is 0 Å². The van der Waals surface area contributed by atoms with E-state index >= 15 is 0 Å². The maximum Gasteiger partial charge on any atom is 0.322 e. The molecule has 28 heavy (non-hydrogen) atoms. The molecule has 1 heterocycles. The minimum Gasteiger partial charge on any atom is -0.493 e. The van der Waals surface area contributed by atoms with Crippen LogP contribution in [0.1, 0.15) is 18.5 Å². The zero-order valence-electron chi connectivity index (χ0n) is 16.3. The number of methoxy groups -OCH3 is 2. The highest BCUT2D eigenvalue weighted by atomic mass is 16.5. The molecule has 2 N–H and O–H groups in total. The van der Waals surface area contributed by atoms with Crippen molar-refractivity contribution in [3.8, 4) is 11.5 Å². The summed E-state index contributed by atoms with van der Waals surface area (Å²) in [5.74, 6) is 0.691. The molecule has 1 aliphatic heterocycles. The Hall–Kier alpha value is -3.48. The molecule has 0 saturated carbocycles. The monoisotopic (exact) mass is 381 g/mol. The summed E-state index contributed by atoms with van der Waals surface area (Å²) >= 11 is 0. The number of urea groups is 1. The van der Waals surface area contributed by atoms with Crippen molar-refractivity contribution < 1.29 is 19.1 Å². The van der Waals surface area contributed by atoms with Crippen molar-refractivity contribution in [2.45, 2.75) is 13.0 Å². The van der Waals surface area contributed by atoms with Crippen LogP contribution in [0.3, 0.4) is 0 Å². The van der Waals surface area contributed by atoms with Crippen molar-refractivity contribution in [1.29, 1.82) is 0 Å². The van der Waals surface area contributed by atoms with Gasteiger partial charge in [0.05, 0.1) is 25.8 Å². The molecule has 1 atom stereocenters. The number of carbonyl (C=O) groups excluding carboxylic acids is 2. The van der Waals surface area contributed by atoms with Gasteiger partial charge in [0.2, 0.25) is 0 Å². The normalized spacial score (nSPS) is 16.5. The Morgan fingerprint density at radius 3 is 2.43 bits per heavy atom. The maximum absolute atomic E-state index is 13.1. The van der Waals surface area contributed by atoms with Gasteiger partial charge in [-0.1, -0.05) is 30.3 Å². The summed E-state index contributed by atoms with van der Waals surface area (Å²) in [6.07, 6.45) is 0. The predicted molar refractivity (Wildman–Crippen MR) is 106 cm³/mol. The first kappa shape index (κ1) is 19.3. The lowest BCUT2D eigenvalue weighted by atomic mass is 9.93. The molecule has 3 rings (SSSR count). The molecule has 0 fully saturated rings. The van der Waals surface area contributed by atoms with Gasteiger partial charge in [-0.05, 0) is 25.1 Å². The Kier molecular flexibility index (Phi) is 5.54. The van der Waals surface area contributed by atoms with Crippen molar-refractivity contribution in [3.63, 3.8) is 0 Å². The van der Waals surface area contributed by atoms with E-state index in [0.717, 1.165) is 0 Å². The highest BCUT2D eigenvalue weighted by Gasteiger charge is 2.36. The summed E-state index contributed by atoms with van der Waals surface area (Å²) in [5, 5.41) is 5.78. The van der Waals surface area contributed by atoms with Crippen molar-refractivity contribution >= 4 is 17.6 Å². The van der Waals surface area contributed by atoms with Gasteiger partial charge in [0.1, 0.15) is 0 Å². The Bertz CT molecular complexity index is 925. The number of amides is 3. The second-order valence-corrected chi connectivity index (χ2v) is 6.34. The third kappa shape index (κ3) is 3.51. The number of para-hydroxylation sites is 2. The minimum atomic E-state index is -0.683. The molecule has 0 spiro atoms. The van der Waals surface area contributed by atoms with Crippen LogP contribution < -0.4 is 20.1 Å². The van der Waals surface area contributed by atoms with E-state index in [1.54, 1.807) is 51.4 Å². The van der Waals surface area contributed by atoms with E-state index in [4.69, 9.17) is 9.47 Å².